The van der Waals surface area contributed by atoms with Gasteiger partial charge in [0, 0.05) is 5.69 Å². The lowest BCUT2D eigenvalue weighted by Crippen LogP contribution is -2.60. The number of nitrogens with zero attached hydrogens (tertiary/aromatic N) is 3. The van der Waals surface area contributed by atoms with Crippen LogP contribution in [0.5, 0.6) is 0 Å². The molecule has 0 aromatic carbocycles. The van der Waals surface area contributed by atoms with Crippen molar-refractivity contribution in [1.82, 2.24) is 10.2 Å². The Hall–Kier alpha value is -0.686. The first kappa shape index (κ1) is 14.7. The fourth-order valence-corrected chi connectivity index (χ4v) is 19.8. The van der Waals surface area contributed by atoms with E-state index in [2.05, 4.69) is 48.2 Å². The van der Waals surface area contributed by atoms with Gasteiger partial charge in [0.25, 0.3) is 0 Å². The molecule has 106 valence electrons. The van der Waals surface area contributed by atoms with E-state index in [9.17, 15) is 0 Å². The van der Waals surface area contributed by atoms with E-state index < -0.39 is 16.5 Å². The maximum atomic E-state index is 4.15. The molecule has 19 heavy (non-hydrogen) atoms. The summed E-state index contributed by atoms with van der Waals surface area (Å²) in [5.74, 6) is 0. The van der Waals surface area contributed by atoms with Crippen LogP contribution in [-0.2, 0) is 0 Å². The summed E-state index contributed by atoms with van der Waals surface area (Å²) in [6, 6.07) is 10.7. The lowest BCUT2D eigenvalue weighted by atomic mass is 10.5. The molecule has 0 spiro atoms. The van der Waals surface area contributed by atoms with Crippen LogP contribution in [0.25, 0.3) is 0 Å². The van der Waals surface area contributed by atoms with Crippen LogP contribution in [0.4, 0.5) is 5.69 Å². The molecule has 3 nitrogen and oxygen atoms in total. The van der Waals surface area contributed by atoms with Gasteiger partial charge in [-0.25, -0.2) is 0 Å². The number of anilines is 1. The van der Waals surface area contributed by atoms with Crippen LogP contribution < -0.4 is 4.23 Å². The summed E-state index contributed by atoms with van der Waals surface area (Å²) in [7, 11) is -2.60. The van der Waals surface area contributed by atoms with Crippen molar-refractivity contribution in [1.29, 1.82) is 0 Å². The molecular weight excluding hydrogens is 266 g/mol. The van der Waals surface area contributed by atoms with Crippen molar-refractivity contribution in [3.63, 3.8) is 0 Å². The second kappa shape index (κ2) is 5.75. The molecule has 0 bridgehead atoms. The first-order valence-corrected chi connectivity index (χ1v) is 12.9. The maximum absolute atomic E-state index is 4.15. The Morgan fingerprint density at radius 3 is 1.84 bits per heavy atom. The van der Waals surface area contributed by atoms with Crippen LogP contribution in [0, 0.1) is 0 Å². The molecule has 5 heteroatoms. The highest BCUT2D eigenvalue weighted by molar-refractivity contribution is 7.06. The van der Waals surface area contributed by atoms with E-state index >= 15 is 0 Å². The Bertz CT molecular complexity index is 382. The molecule has 1 aliphatic heterocycles. The predicted molar refractivity (Wildman–Crippen MR) is 87.6 cm³/mol. The second-order valence-electron chi connectivity index (χ2n) is 5.80. The minimum atomic E-state index is -1.30. The zero-order chi connectivity index (χ0) is 13.9. The zero-order valence-electron chi connectivity index (χ0n) is 12.8. The predicted octanol–water partition coefficient (Wildman–Crippen LogP) is 4.27. The summed E-state index contributed by atoms with van der Waals surface area (Å²) < 4.78 is 2.97. The lowest BCUT2D eigenvalue weighted by molar-refractivity contribution is 1.02. The van der Waals surface area contributed by atoms with Gasteiger partial charge in [0.15, 0.2) is 0 Å². The van der Waals surface area contributed by atoms with E-state index in [0.717, 1.165) is 0 Å². The van der Waals surface area contributed by atoms with Gasteiger partial charge in [-0.1, -0.05) is 27.7 Å². The van der Waals surface area contributed by atoms with Crippen molar-refractivity contribution in [2.75, 3.05) is 4.23 Å². The van der Waals surface area contributed by atoms with Crippen molar-refractivity contribution in [2.24, 2.45) is 0 Å². The largest absolute Gasteiger partial charge is 0.422 e. The highest BCUT2D eigenvalue weighted by Crippen LogP contribution is 2.47. The third kappa shape index (κ3) is 2.27. The summed E-state index contributed by atoms with van der Waals surface area (Å²) in [5.41, 5.74) is 1.37. The lowest BCUT2D eigenvalue weighted by Gasteiger charge is -2.46. The standard InChI is InChI=1S/C14H27N3Si2/c1-5-18(6-2)11-12-19(7-3,8-4)17(18)14-9-10-15-16-13-14/h9-10,13H,5-8,11-12H2,1-4H3. The Balaban J connectivity index is 2.51. The van der Waals surface area contributed by atoms with E-state index in [1.54, 1.807) is 0 Å². The minimum absolute atomic E-state index is 1.30. The van der Waals surface area contributed by atoms with Gasteiger partial charge in [-0.05, 0) is 42.3 Å². The van der Waals surface area contributed by atoms with Gasteiger partial charge in [0.2, 0.25) is 0 Å². The molecule has 1 saturated heterocycles. The Labute approximate surface area is 119 Å². The van der Waals surface area contributed by atoms with Crippen molar-refractivity contribution in [2.45, 2.75) is 64.0 Å². The quantitative estimate of drug-likeness (QED) is 0.759. The van der Waals surface area contributed by atoms with Crippen molar-refractivity contribution >= 4 is 22.2 Å². The molecule has 0 radical (unpaired) electrons. The van der Waals surface area contributed by atoms with Crippen LogP contribution in [0.2, 0.25) is 36.3 Å². The fourth-order valence-electron chi connectivity index (χ4n) is 4.00. The van der Waals surface area contributed by atoms with E-state index in [4.69, 9.17) is 0 Å². The SMILES string of the molecule is CC[Si]1(CC)CC[Si](CC)(CC)N1c1ccnnc1. The van der Waals surface area contributed by atoms with Crippen LogP contribution in [0.3, 0.4) is 0 Å². The normalized spacial score (nSPS) is 20.7. The number of hydrogen-bond donors (Lipinski definition) is 0. The first-order valence-electron chi connectivity index (χ1n) is 7.75. The molecular formula is C14H27N3Si2. The molecule has 2 rings (SSSR count). The van der Waals surface area contributed by atoms with Gasteiger partial charge in [-0.2, -0.15) is 10.2 Å². The summed E-state index contributed by atoms with van der Waals surface area (Å²) in [4.78, 5) is 0. The zero-order valence-corrected chi connectivity index (χ0v) is 14.8. The molecule has 0 saturated carbocycles. The smallest absolute Gasteiger partial charge is 0.147 e. The van der Waals surface area contributed by atoms with Crippen LogP contribution >= 0.6 is 0 Å². The number of rotatable bonds is 5. The average Bonchev–Trinajstić information content (AvgIpc) is 2.83. The Morgan fingerprint density at radius 2 is 1.47 bits per heavy atom. The van der Waals surface area contributed by atoms with Crippen molar-refractivity contribution < 1.29 is 0 Å². The Kier molecular flexibility index (Phi) is 4.45. The van der Waals surface area contributed by atoms with Crippen molar-refractivity contribution in [3.05, 3.63) is 18.5 Å². The average molecular weight is 294 g/mol. The van der Waals surface area contributed by atoms with Crippen LogP contribution in [-0.4, -0.2) is 26.7 Å². The number of hydrogen-bond acceptors (Lipinski definition) is 3. The van der Waals surface area contributed by atoms with E-state index in [1.807, 2.05) is 12.4 Å². The molecule has 1 aliphatic rings. The Morgan fingerprint density at radius 1 is 0.947 bits per heavy atom. The highest BCUT2D eigenvalue weighted by atomic mass is 28.4. The molecule has 0 N–H and O–H groups in total. The molecule has 0 unspecified atom stereocenters. The van der Waals surface area contributed by atoms with Gasteiger partial charge in [0.05, 0.1) is 12.4 Å². The summed E-state index contributed by atoms with van der Waals surface area (Å²) >= 11 is 0. The van der Waals surface area contributed by atoms with Gasteiger partial charge in [0.1, 0.15) is 16.5 Å². The van der Waals surface area contributed by atoms with Crippen LogP contribution in [0.15, 0.2) is 18.5 Å². The topological polar surface area (TPSA) is 29.0 Å². The maximum Gasteiger partial charge on any atom is 0.147 e. The molecule has 1 aromatic rings. The second-order valence-corrected chi connectivity index (χ2v) is 15.9. The molecule has 0 atom stereocenters. The van der Waals surface area contributed by atoms with E-state index in [-0.39, 0.29) is 0 Å². The number of aromatic nitrogens is 2. The molecule has 0 aliphatic carbocycles. The molecule has 1 aromatic heterocycles. The van der Waals surface area contributed by atoms with Crippen LogP contribution in [0.1, 0.15) is 27.7 Å². The van der Waals surface area contributed by atoms with Gasteiger partial charge >= 0.3 is 0 Å². The van der Waals surface area contributed by atoms with Gasteiger partial charge < -0.3 is 4.23 Å². The van der Waals surface area contributed by atoms with E-state index in [1.165, 1.54) is 42.0 Å². The highest BCUT2D eigenvalue weighted by Gasteiger charge is 2.54. The van der Waals surface area contributed by atoms with Gasteiger partial charge in [-0.15, -0.1) is 0 Å². The molecule has 1 fully saturated rings. The third-order valence-corrected chi connectivity index (χ3v) is 18.8. The van der Waals surface area contributed by atoms with Crippen molar-refractivity contribution in [3.8, 4) is 0 Å². The summed E-state index contributed by atoms with van der Waals surface area (Å²) in [5, 5.41) is 8.12. The summed E-state index contributed by atoms with van der Waals surface area (Å²) in [6.45, 7) is 9.64. The molecule has 2 heterocycles. The monoisotopic (exact) mass is 293 g/mol. The minimum Gasteiger partial charge on any atom is -0.422 e. The fraction of sp³-hybridized carbons (Fsp3) is 0.714. The van der Waals surface area contributed by atoms with Gasteiger partial charge in [-0.3, -0.25) is 0 Å². The van der Waals surface area contributed by atoms with E-state index in [0.29, 0.717) is 0 Å². The molecule has 0 amide bonds. The summed E-state index contributed by atoms with van der Waals surface area (Å²) in [6.07, 6.45) is 3.87. The first-order chi connectivity index (χ1) is 9.18. The third-order valence-electron chi connectivity index (χ3n) is 5.46.